The lowest BCUT2D eigenvalue weighted by Gasteiger charge is -2.04. The molecule has 1 aromatic heterocycles. The third-order valence-corrected chi connectivity index (χ3v) is 1.70. The quantitative estimate of drug-likeness (QED) is 0.531. The van der Waals surface area contributed by atoms with Crippen LogP contribution in [0.15, 0.2) is 16.7 Å². The molecule has 1 aliphatic rings. The average Bonchev–Trinajstić information content (AvgIpc) is 2.41. The Morgan fingerprint density at radius 3 is 3.20 bits per heavy atom. The fraction of sp³-hybridized carbons (Fsp3) is 0.286. The summed E-state index contributed by atoms with van der Waals surface area (Å²) in [5.74, 6) is 0.488. The van der Waals surface area contributed by atoms with Crippen molar-refractivity contribution in [2.75, 3.05) is 7.05 Å². The molecule has 0 fully saturated rings. The first-order valence-electron chi connectivity index (χ1n) is 3.11. The summed E-state index contributed by atoms with van der Waals surface area (Å²) in [4.78, 5) is 12.7. The summed E-state index contributed by atoms with van der Waals surface area (Å²) in [6, 6.07) is 1.83. The van der Waals surface area contributed by atoms with E-state index in [4.69, 9.17) is 4.42 Å². The van der Waals surface area contributed by atoms with Gasteiger partial charge in [-0.15, -0.1) is 0 Å². The van der Waals surface area contributed by atoms with Crippen LogP contribution in [-0.2, 0) is 6.54 Å². The lowest BCUT2D eigenvalue weighted by atomic mass is 10.3. The van der Waals surface area contributed by atoms with E-state index in [0.29, 0.717) is 12.3 Å². The first kappa shape index (κ1) is 5.53. The molecule has 3 heteroatoms. The molecule has 0 aliphatic carbocycles. The van der Waals surface area contributed by atoms with Gasteiger partial charge in [-0.3, -0.25) is 4.79 Å². The standard InChI is InChI=1S/C7H7NO2/c1-8-4-5-2-3-10-6(5)7(8)9/h2-3H,4H2,1H3. The minimum atomic E-state index is -0.0139. The number of hydrogen-bond acceptors (Lipinski definition) is 2. The second-order valence-corrected chi connectivity index (χ2v) is 2.44. The zero-order valence-electron chi connectivity index (χ0n) is 5.63. The zero-order chi connectivity index (χ0) is 7.14. The van der Waals surface area contributed by atoms with Gasteiger partial charge < -0.3 is 9.32 Å². The van der Waals surface area contributed by atoms with Crippen LogP contribution in [-0.4, -0.2) is 17.9 Å². The molecule has 3 nitrogen and oxygen atoms in total. The van der Waals surface area contributed by atoms with E-state index >= 15 is 0 Å². The first-order valence-corrected chi connectivity index (χ1v) is 3.11. The number of carbonyl (C=O) groups excluding carboxylic acids is 1. The molecule has 2 rings (SSSR count). The highest BCUT2D eigenvalue weighted by atomic mass is 16.3. The topological polar surface area (TPSA) is 33.5 Å². The minimum absolute atomic E-state index is 0.0139. The zero-order valence-corrected chi connectivity index (χ0v) is 5.63. The van der Waals surface area contributed by atoms with Crippen LogP contribution >= 0.6 is 0 Å². The number of carbonyl (C=O) groups is 1. The highest BCUT2D eigenvalue weighted by Gasteiger charge is 2.26. The fourth-order valence-electron chi connectivity index (χ4n) is 1.15. The lowest BCUT2D eigenvalue weighted by molar-refractivity contribution is 0.0790. The molecule has 0 aromatic carbocycles. The van der Waals surface area contributed by atoms with Gasteiger partial charge in [0.1, 0.15) is 0 Å². The van der Waals surface area contributed by atoms with Crippen molar-refractivity contribution in [2.45, 2.75) is 6.54 Å². The SMILES string of the molecule is CN1Cc2ccoc2C1=O. The molecule has 0 unspecified atom stereocenters. The van der Waals surface area contributed by atoms with Gasteiger partial charge in [-0.1, -0.05) is 0 Å². The Bertz CT molecular complexity index is 277. The van der Waals surface area contributed by atoms with Crippen molar-refractivity contribution in [2.24, 2.45) is 0 Å². The van der Waals surface area contributed by atoms with Gasteiger partial charge in [0.2, 0.25) is 0 Å². The van der Waals surface area contributed by atoms with Gasteiger partial charge in [0.25, 0.3) is 5.91 Å². The Balaban J connectivity index is 2.53. The summed E-state index contributed by atoms with van der Waals surface area (Å²) < 4.78 is 4.97. The van der Waals surface area contributed by atoms with Crippen LogP contribution in [0.5, 0.6) is 0 Å². The summed E-state index contributed by atoms with van der Waals surface area (Å²) in [6.45, 7) is 0.685. The molecule has 0 bridgehead atoms. The average molecular weight is 137 g/mol. The number of furan rings is 1. The monoisotopic (exact) mass is 137 g/mol. The van der Waals surface area contributed by atoms with Gasteiger partial charge in [0.05, 0.1) is 6.26 Å². The maximum absolute atomic E-state index is 11.1. The summed E-state index contributed by atoms with van der Waals surface area (Å²) in [6.07, 6.45) is 1.55. The van der Waals surface area contributed by atoms with E-state index in [2.05, 4.69) is 0 Å². The van der Waals surface area contributed by atoms with Gasteiger partial charge in [-0.2, -0.15) is 0 Å². The van der Waals surface area contributed by atoms with E-state index in [0.717, 1.165) is 5.56 Å². The normalized spacial score (nSPS) is 16.1. The Hall–Kier alpha value is -1.25. The first-order chi connectivity index (χ1) is 4.79. The van der Waals surface area contributed by atoms with Crippen LogP contribution in [0.4, 0.5) is 0 Å². The number of hydrogen-bond donors (Lipinski definition) is 0. The van der Waals surface area contributed by atoms with Gasteiger partial charge in [-0.05, 0) is 6.07 Å². The second kappa shape index (κ2) is 1.62. The number of rotatable bonds is 0. The highest BCUT2D eigenvalue weighted by Crippen LogP contribution is 2.21. The summed E-state index contributed by atoms with van der Waals surface area (Å²) in [5.41, 5.74) is 0.993. The van der Waals surface area contributed by atoms with Crippen LogP contribution in [0, 0.1) is 0 Å². The maximum Gasteiger partial charge on any atom is 0.289 e. The molecule has 0 atom stereocenters. The molecule has 0 saturated heterocycles. The smallest absolute Gasteiger partial charge is 0.289 e. The molecule has 1 aromatic rings. The van der Waals surface area contributed by atoms with E-state index in [9.17, 15) is 4.79 Å². The summed E-state index contributed by atoms with van der Waals surface area (Å²) in [5, 5.41) is 0. The molecule has 0 saturated carbocycles. The fourth-order valence-corrected chi connectivity index (χ4v) is 1.15. The van der Waals surface area contributed by atoms with E-state index in [1.165, 1.54) is 0 Å². The van der Waals surface area contributed by atoms with Crippen LogP contribution < -0.4 is 0 Å². The van der Waals surface area contributed by atoms with Crippen LogP contribution in [0.2, 0.25) is 0 Å². The Labute approximate surface area is 58.2 Å². The molecular weight excluding hydrogens is 130 g/mol. The summed E-state index contributed by atoms with van der Waals surface area (Å²) >= 11 is 0. The van der Waals surface area contributed by atoms with Crippen molar-refractivity contribution in [3.8, 4) is 0 Å². The van der Waals surface area contributed by atoms with Crippen molar-refractivity contribution in [1.82, 2.24) is 4.90 Å². The number of amides is 1. The van der Waals surface area contributed by atoms with Gasteiger partial charge in [0, 0.05) is 19.2 Å². The van der Waals surface area contributed by atoms with Gasteiger partial charge in [-0.25, -0.2) is 0 Å². The van der Waals surface area contributed by atoms with Crippen molar-refractivity contribution in [3.05, 3.63) is 23.7 Å². The van der Waals surface area contributed by atoms with E-state index in [1.807, 2.05) is 6.07 Å². The van der Waals surface area contributed by atoms with Gasteiger partial charge >= 0.3 is 0 Å². The molecular formula is C7H7NO2. The number of fused-ring (bicyclic) bond motifs is 1. The van der Waals surface area contributed by atoms with Crippen molar-refractivity contribution >= 4 is 5.91 Å². The van der Waals surface area contributed by atoms with E-state index in [-0.39, 0.29) is 5.91 Å². The molecule has 0 N–H and O–H groups in total. The molecule has 1 amide bonds. The summed E-state index contributed by atoms with van der Waals surface area (Å²) in [7, 11) is 1.76. The second-order valence-electron chi connectivity index (χ2n) is 2.44. The van der Waals surface area contributed by atoms with E-state index < -0.39 is 0 Å². The van der Waals surface area contributed by atoms with Crippen LogP contribution in [0.1, 0.15) is 16.1 Å². The lowest BCUT2D eigenvalue weighted by Crippen LogP contribution is -2.17. The Kier molecular flexibility index (Phi) is 0.897. The van der Waals surface area contributed by atoms with Crippen molar-refractivity contribution in [3.63, 3.8) is 0 Å². The predicted molar refractivity (Wildman–Crippen MR) is 34.5 cm³/mol. The maximum atomic E-state index is 11.1. The Morgan fingerprint density at radius 2 is 2.50 bits per heavy atom. The predicted octanol–water partition coefficient (Wildman–Crippen LogP) is 0.865. The van der Waals surface area contributed by atoms with E-state index in [1.54, 1.807) is 18.2 Å². The minimum Gasteiger partial charge on any atom is -0.459 e. The molecule has 0 spiro atoms. The third-order valence-electron chi connectivity index (χ3n) is 1.70. The molecule has 52 valence electrons. The molecule has 1 aliphatic heterocycles. The third kappa shape index (κ3) is 0.518. The largest absolute Gasteiger partial charge is 0.459 e. The highest BCUT2D eigenvalue weighted by molar-refractivity contribution is 5.95. The number of nitrogens with zero attached hydrogens (tertiary/aromatic N) is 1. The Morgan fingerprint density at radius 1 is 1.70 bits per heavy atom. The molecule has 0 radical (unpaired) electrons. The van der Waals surface area contributed by atoms with Crippen molar-refractivity contribution in [1.29, 1.82) is 0 Å². The van der Waals surface area contributed by atoms with Gasteiger partial charge in [0.15, 0.2) is 5.76 Å². The molecule has 2 heterocycles. The molecule has 10 heavy (non-hydrogen) atoms. The van der Waals surface area contributed by atoms with Crippen LogP contribution in [0.25, 0.3) is 0 Å². The van der Waals surface area contributed by atoms with Crippen LogP contribution in [0.3, 0.4) is 0 Å². The van der Waals surface area contributed by atoms with Crippen molar-refractivity contribution < 1.29 is 9.21 Å².